The average molecular weight is 996 g/mol. The van der Waals surface area contributed by atoms with Crippen molar-refractivity contribution in [3.63, 3.8) is 0 Å². The molecule has 7 rings (SSSR count). The molecule has 3 aliphatic carbocycles. The summed E-state index contributed by atoms with van der Waals surface area (Å²) in [5.74, 6) is -10.7. The summed E-state index contributed by atoms with van der Waals surface area (Å²) in [6.45, 7) is 2.14. The number of pyridine rings is 1. The van der Waals surface area contributed by atoms with Crippen molar-refractivity contribution in [2.75, 3.05) is 17.0 Å². The van der Waals surface area contributed by atoms with E-state index in [0.717, 1.165) is 16.8 Å². The molecule has 4 N–H and O–H groups in total. The fraction of sp³-hybridized carbons (Fsp3) is 0.476. The minimum Gasteiger partial charge on any atom is -0.394 e. The fourth-order valence-electron chi connectivity index (χ4n) is 8.29. The van der Waals surface area contributed by atoms with Crippen LogP contribution in [0.5, 0.6) is 0 Å². The Morgan fingerprint density at radius 2 is 1.68 bits per heavy atom. The summed E-state index contributed by atoms with van der Waals surface area (Å²) in [5.41, 5.74) is 1.14. The van der Waals surface area contributed by atoms with Gasteiger partial charge in [0.2, 0.25) is 15.9 Å². The summed E-state index contributed by atoms with van der Waals surface area (Å²) in [4.78, 5) is 22.3. The number of nitrogens with two attached hydrogens (primary N) is 1. The Bertz CT molecular complexity index is 2860. The van der Waals surface area contributed by atoms with Crippen molar-refractivity contribution in [3.05, 3.63) is 87.3 Å². The lowest BCUT2D eigenvalue weighted by Gasteiger charge is -2.26. The first-order valence-corrected chi connectivity index (χ1v) is 24.2. The average Bonchev–Trinajstić information content (AvgIpc) is 4.15. The van der Waals surface area contributed by atoms with Crippen LogP contribution in [-0.4, -0.2) is 84.0 Å². The summed E-state index contributed by atoms with van der Waals surface area (Å²) in [5, 5.41) is 5.90. The molecule has 3 atom stereocenters. The summed E-state index contributed by atoms with van der Waals surface area (Å²) in [6, 6.07) is 6.46. The van der Waals surface area contributed by atoms with Gasteiger partial charge in [-0.3, -0.25) is 24.2 Å². The third-order valence-corrected chi connectivity index (χ3v) is 16.6. The number of sulfonamides is 1. The summed E-state index contributed by atoms with van der Waals surface area (Å²) < 4.78 is 184. The zero-order valence-corrected chi connectivity index (χ0v) is 37.7. The SMILES string of the molecule is CCS(=O)(=O)Nc1nn(CC(F)F)c2c(-c3ccc(CCC(C)(C)S(=O)(=O)C4CC4)nc3[C@H](Cc3cc(F)cc(F)c3)NC(=O)CN=C3C(=C(N)C(F)(F)F)C4C[C@H]4C3(F)F)ccc(Cl)c12. The van der Waals surface area contributed by atoms with Crippen LogP contribution in [-0.2, 0) is 44.0 Å². The van der Waals surface area contributed by atoms with Crippen LogP contribution in [0.2, 0.25) is 5.02 Å². The van der Waals surface area contributed by atoms with E-state index in [-0.39, 0.29) is 63.3 Å². The number of aliphatic imine (C=N–C) groups is 1. The third kappa shape index (κ3) is 9.88. The van der Waals surface area contributed by atoms with E-state index < -0.39 is 132 Å². The van der Waals surface area contributed by atoms with Crippen LogP contribution in [0.15, 0.2) is 58.7 Å². The van der Waals surface area contributed by atoms with Crippen LogP contribution in [0.3, 0.4) is 0 Å². The smallest absolute Gasteiger partial charge is 0.394 e. The number of rotatable bonds is 17. The summed E-state index contributed by atoms with van der Waals surface area (Å²) in [6.07, 6.45) is -8.02. The van der Waals surface area contributed by atoms with Crippen LogP contribution in [0.1, 0.15) is 69.4 Å². The fourth-order valence-corrected chi connectivity index (χ4v) is 11.2. The van der Waals surface area contributed by atoms with E-state index >= 15 is 8.78 Å². The lowest BCUT2D eigenvalue weighted by atomic mass is 9.93. The highest BCUT2D eigenvalue weighted by molar-refractivity contribution is 7.93. The molecular weight excluding hydrogens is 953 g/mol. The number of aryl methyl sites for hydroxylation is 1. The molecule has 3 aliphatic rings. The molecule has 0 saturated heterocycles. The van der Waals surface area contributed by atoms with Gasteiger partial charge in [0, 0.05) is 34.4 Å². The molecule has 2 aromatic heterocycles. The van der Waals surface area contributed by atoms with E-state index in [1.54, 1.807) is 13.8 Å². The number of allylic oxidation sites excluding steroid dienone is 2. The third-order valence-electron chi connectivity index (χ3n) is 12.0. The molecule has 358 valence electrons. The lowest BCUT2D eigenvalue weighted by Crippen LogP contribution is -2.36. The van der Waals surface area contributed by atoms with Gasteiger partial charge in [-0.2, -0.15) is 27.1 Å². The molecule has 66 heavy (non-hydrogen) atoms. The normalized spacial score (nSPS) is 20.5. The molecule has 2 heterocycles. The molecule has 3 saturated carbocycles. The van der Waals surface area contributed by atoms with Gasteiger partial charge in [-0.25, -0.2) is 34.4 Å². The molecule has 1 unspecified atom stereocenters. The van der Waals surface area contributed by atoms with Gasteiger partial charge in [-0.1, -0.05) is 23.7 Å². The summed E-state index contributed by atoms with van der Waals surface area (Å²) in [7, 11) is -7.68. The number of nitrogens with zero attached hydrogens (tertiary/aromatic N) is 4. The van der Waals surface area contributed by atoms with E-state index in [2.05, 4.69) is 20.1 Å². The minimum atomic E-state index is -5.19. The highest BCUT2D eigenvalue weighted by Crippen LogP contribution is 2.62. The molecule has 12 nitrogen and oxygen atoms in total. The zero-order valence-electron chi connectivity index (χ0n) is 35.3. The lowest BCUT2D eigenvalue weighted by molar-refractivity contribution is -0.120. The molecule has 3 fully saturated rings. The molecule has 1 amide bonds. The van der Waals surface area contributed by atoms with Crippen LogP contribution in [0.4, 0.5) is 45.3 Å². The molecule has 0 aliphatic heterocycles. The van der Waals surface area contributed by atoms with E-state index in [4.69, 9.17) is 22.3 Å². The van der Waals surface area contributed by atoms with Gasteiger partial charge in [-0.15, -0.1) is 0 Å². The molecule has 4 aromatic rings. The minimum absolute atomic E-state index is 0.00934. The number of aromatic nitrogens is 3. The number of halogens is 10. The van der Waals surface area contributed by atoms with Crippen LogP contribution >= 0.6 is 11.6 Å². The highest BCUT2D eigenvalue weighted by Gasteiger charge is 2.68. The van der Waals surface area contributed by atoms with Gasteiger partial charge in [0.25, 0.3) is 12.3 Å². The van der Waals surface area contributed by atoms with Gasteiger partial charge in [0.1, 0.15) is 36.1 Å². The zero-order chi connectivity index (χ0) is 48.5. The second-order valence-corrected chi connectivity index (χ2v) is 22.4. The quantitative estimate of drug-likeness (QED) is 0.0886. The molecule has 0 spiro atoms. The molecule has 0 radical (unpaired) electrons. The number of carbonyl (C=O) groups is 1. The molecule has 2 aromatic carbocycles. The predicted octanol–water partition coefficient (Wildman–Crippen LogP) is 8.25. The first kappa shape index (κ1) is 49.0. The standard InChI is InChI=1S/C42H43ClF9N7O5S2/c1-4-65(61,62)58-39-34-29(43)10-9-26(36(34)59(57-39)19-31(46)47)25-8-5-23(11-12-40(2,3)66(63,64)24-6-7-24)55-35(25)30(15-20-13-21(44)16-22(45)14-20)56-32(60)18-54-38-33(37(53)42(50,51)52)27-17-28(27)41(38,48)49/h5,8-10,13-14,16,24,27-28,30-31H,4,6-7,11-12,15,17-19,53H2,1-3H3,(H,56,60)(H,57,58)/t27?,28-,30+/m1/s1. The van der Waals surface area contributed by atoms with Crippen LogP contribution in [0.25, 0.3) is 22.0 Å². The Labute approximate surface area is 378 Å². The van der Waals surface area contributed by atoms with Crippen molar-refractivity contribution in [3.8, 4) is 11.1 Å². The van der Waals surface area contributed by atoms with E-state index in [1.165, 1.54) is 31.2 Å². The van der Waals surface area contributed by atoms with Crippen molar-refractivity contribution in [1.29, 1.82) is 0 Å². The molecular formula is C42H43ClF9N7O5S2. The maximum atomic E-state index is 15.4. The van der Waals surface area contributed by atoms with Crippen molar-refractivity contribution in [2.45, 2.75) is 100 Å². The maximum absolute atomic E-state index is 15.4. The molecule has 0 bridgehead atoms. The van der Waals surface area contributed by atoms with E-state index in [1.807, 2.05) is 0 Å². The number of sulfone groups is 1. The Kier molecular flexibility index (Phi) is 13.1. The second kappa shape index (κ2) is 17.6. The number of fused-ring (bicyclic) bond motifs is 2. The Morgan fingerprint density at radius 1 is 1.03 bits per heavy atom. The number of hydrogen-bond donors (Lipinski definition) is 3. The van der Waals surface area contributed by atoms with Gasteiger partial charge < -0.3 is 11.1 Å². The largest absolute Gasteiger partial charge is 0.431 e. The number of benzene rings is 2. The van der Waals surface area contributed by atoms with E-state index in [9.17, 15) is 52.4 Å². The van der Waals surface area contributed by atoms with Crippen molar-refractivity contribution in [2.24, 2.45) is 22.6 Å². The number of carbonyl (C=O) groups excluding carboxylic acids is 1. The first-order chi connectivity index (χ1) is 30.6. The van der Waals surface area contributed by atoms with Gasteiger partial charge >= 0.3 is 6.18 Å². The Hall–Kier alpha value is -4.90. The summed E-state index contributed by atoms with van der Waals surface area (Å²) >= 11 is 6.59. The first-order valence-electron chi connectivity index (χ1n) is 20.6. The van der Waals surface area contributed by atoms with Gasteiger partial charge in [0.15, 0.2) is 15.7 Å². The second-order valence-electron chi connectivity index (χ2n) is 17.1. The number of amides is 1. The van der Waals surface area contributed by atoms with E-state index in [0.29, 0.717) is 18.9 Å². The van der Waals surface area contributed by atoms with Crippen molar-refractivity contribution in [1.82, 2.24) is 20.1 Å². The Morgan fingerprint density at radius 3 is 2.29 bits per heavy atom. The highest BCUT2D eigenvalue weighted by atomic mass is 35.5. The van der Waals surface area contributed by atoms with Crippen LogP contribution in [0, 0.1) is 23.5 Å². The van der Waals surface area contributed by atoms with Crippen molar-refractivity contribution >= 4 is 59.8 Å². The molecule has 24 heteroatoms. The van der Waals surface area contributed by atoms with Crippen LogP contribution < -0.4 is 15.8 Å². The number of nitrogens with one attached hydrogen (secondary N) is 2. The number of anilines is 1. The van der Waals surface area contributed by atoms with Gasteiger partial charge in [0.05, 0.1) is 43.4 Å². The van der Waals surface area contributed by atoms with Gasteiger partial charge in [-0.05, 0) is 95.0 Å². The number of hydrogen-bond acceptors (Lipinski definition) is 9. The van der Waals surface area contributed by atoms with Crippen molar-refractivity contribution < 1.29 is 61.1 Å². The number of alkyl halides is 7. The predicted molar refractivity (Wildman–Crippen MR) is 228 cm³/mol. The maximum Gasteiger partial charge on any atom is 0.431 e. The monoisotopic (exact) mass is 995 g/mol. The Balaban J connectivity index is 1.39. The topological polar surface area (TPSA) is 179 Å².